The number of amides is 1. The lowest BCUT2D eigenvalue weighted by molar-refractivity contribution is -0.274. The van der Waals surface area contributed by atoms with Crippen LogP contribution in [0.1, 0.15) is 12.5 Å². The summed E-state index contributed by atoms with van der Waals surface area (Å²) in [6.07, 6.45) is -3.28. The fraction of sp³-hybridized carbons (Fsp3) is 0.304. The molecule has 1 amide bonds. The van der Waals surface area contributed by atoms with Crippen LogP contribution < -0.4 is 20.1 Å². The zero-order valence-corrected chi connectivity index (χ0v) is 21.6. The van der Waals surface area contributed by atoms with Crippen LogP contribution in [0.2, 0.25) is 10.0 Å². The van der Waals surface area contributed by atoms with Crippen LogP contribution in [-0.2, 0) is 4.79 Å². The Morgan fingerprint density at radius 3 is 2.53 bits per heavy atom. The standard InChI is InChI=1S/C23H23Cl2F3N6O4/c1-3-34(20(36)11-35)18(21(30)13-4-6-15(24)16(25)8-13)10-31-22(32-12-29)33-17-9-14(38-23(26,27)28)5-7-19(17)37-2/h4-9,18,30,35H,3,10-11H2,1-2H3,(H2,31,32,33). The number of nitrogens with zero attached hydrogens (tertiary/aromatic N) is 3. The summed E-state index contributed by atoms with van der Waals surface area (Å²) in [4.78, 5) is 17.9. The summed E-state index contributed by atoms with van der Waals surface area (Å²) in [5, 5.41) is 32.7. The van der Waals surface area contributed by atoms with Crippen molar-refractivity contribution in [2.75, 3.05) is 32.1 Å². The number of methoxy groups -OCH3 is 1. The van der Waals surface area contributed by atoms with Crippen molar-refractivity contribution in [3.8, 4) is 17.7 Å². The first-order valence-corrected chi connectivity index (χ1v) is 11.5. The van der Waals surface area contributed by atoms with E-state index in [2.05, 4.69) is 20.4 Å². The van der Waals surface area contributed by atoms with E-state index in [4.69, 9.17) is 33.3 Å². The number of carbonyl (C=O) groups is 1. The molecule has 2 aromatic rings. The van der Waals surface area contributed by atoms with E-state index in [1.807, 2.05) is 0 Å². The first-order valence-electron chi connectivity index (χ1n) is 10.8. The van der Waals surface area contributed by atoms with Crippen molar-refractivity contribution in [3.63, 3.8) is 0 Å². The Morgan fingerprint density at radius 2 is 1.97 bits per heavy atom. The van der Waals surface area contributed by atoms with Gasteiger partial charge in [0.15, 0.2) is 6.19 Å². The Morgan fingerprint density at radius 1 is 1.26 bits per heavy atom. The third-order valence-corrected chi connectivity index (χ3v) is 5.73. The van der Waals surface area contributed by atoms with Crippen LogP contribution in [0.4, 0.5) is 18.9 Å². The molecule has 0 aliphatic heterocycles. The van der Waals surface area contributed by atoms with Gasteiger partial charge >= 0.3 is 6.36 Å². The van der Waals surface area contributed by atoms with E-state index in [0.717, 1.165) is 12.1 Å². The molecule has 38 heavy (non-hydrogen) atoms. The molecular weight excluding hydrogens is 552 g/mol. The van der Waals surface area contributed by atoms with E-state index in [1.54, 1.807) is 13.1 Å². The Bertz CT molecular complexity index is 1240. The maximum atomic E-state index is 12.7. The van der Waals surface area contributed by atoms with Crippen LogP contribution in [0, 0.1) is 16.9 Å². The van der Waals surface area contributed by atoms with Crippen molar-refractivity contribution in [2.24, 2.45) is 4.99 Å². The number of halogens is 5. The number of aliphatic imine (C=N–C) groups is 1. The molecule has 0 aromatic heterocycles. The lowest BCUT2D eigenvalue weighted by atomic mass is 10.0. The van der Waals surface area contributed by atoms with Crippen LogP contribution >= 0.6 is 23.2 Å². The molecule has 0 aliphatic rings. The van der Waals surface area contributed by atoms with E-state index < -0.39 is 30.7 Å². The van der Waals surface area contributed by atoms with Gasteiger partial charge in [0.1, 0.15) is 18.1 Å². The fourth-order valence-electron chi connectivity index (χ4n) is 3.31. The lowest BCUT2D eigenvalue weighted by Crippen LogP contribution is -2.48. The van der Waals surface area contributed by atoms with Crippen molar-refractivity contribution in [2.45, 2.75) is 19.3 Å². The molecule has 0 heterocycles. The van der Waals surface area contributed by atoms with E-state index in [9.17, 15) is 28.3 Å². The second-order valence-corrected chi connectivity index (χ2v) is 8.17. The average Bonchev–Trinajstić information content (AvgIpc) is 2.86. The first-order chi connectivity index (χ1) is 17.9. The fourth-order valence-corrected chi connectivity index (χ4v) is 3.61. The number of aliphatic hydroxyl groups excluding tert-OH is 1. The summed E-state index contributed by atoms with van der Waals surface area (Å²) in [7, 11) is 1.29. The minimum Gasteiger partial charge on any atom is -0.495 e. The van der Waals surface area contributed by atoms with Gasteiger partial charge in [-0.15, -0.1) is 13.2 Å². The number of benzene rings is 2. The maximum Gasteiger partial charge on any atom is 0.573 e. The first kappa shape index (κ1) is 30.5. The van der Waals surface area contributed by atoms with Gasteiger partial charge < -0.3 is 30.2 Å². The van der Waals surface area contributed by atoms with Gasteiger partial charge in [-0.05, 0) is 36.8 Å². The SMILES string of the molecule is CCN(C(=O)CO)C(CN=C(NC#N)Nc1cc(OC(F)(F)F)ccc1OC)C(=N)c1ccc(Cl)c(Cl)c1. The van der Waals surface area contributed by atoms with E-state index in [1.165, 1.54) is 36.3 Å². The Labute approximate surface area is 226 Å². The van der Waals surface area contributed by atoms with Crippen molar-refractivity contribution < 1.29 is 32.5 Å². The summed E-state index contributed by atoms with van der Waals surface area (Å²) >= 11 is 12.0. The molecule has 0 saturated heterocycles. The van der Waals surface area contributed by atoms with Crippen molar-refractivity contribution in [3.05, 3.63) is 52.0 Å². The predicted octanol–water partition coefficient (Wildman–Crippen LogP) is 4.02. The minimum absolute atomic E-state index is 0.0226. The molecule has 1 unspecified atom stereocenters. The van der Waals surface area contributed by atoms with E-state index in [-0.39, 0.29) is 46.2 Å². The van der Waals surface area contributed by atoms with Crippen LogP contribution in [0.5, 0.6) is 11.5 Å². The van der Waals surface area contributed by atoms with Crippen molar-refractivity contribution >= 4 is 46.5 Å². The van der Waals surface area contributed by atoms with Gasteiger partial charge in [-0.25, -0.2) is 4.99 Å². The van der Waals surface area contributed by atoms with Crippen molar-refractivity contribution in [1.82, 2.24) is 10.2 Å². The zero-order valence-electron chi connectivity index (χ0n) is 20.1. The van der Waals surface area contributed by atoms with Crippen LogP contribution in [0.3, 0.4) is 0 Å². The van der Waals surface area contributed by atoms with Crippen LogP contribution in [-0.4, -0.2) is 66.8 Å². The number of carbonyl (C=O) groups excluding carboxylic acids is 1. The number of anilines is 1. The number of hydrogen-bond donors (Lipinski definition) is 4. The van der Waals surface area contributed by atoms with Gasteiger partial charge in [-0.2, -0.15) is 5.26 Å². The second kappa shape index (κ2) is 13.7. The Balaban J connectivity index is 2.46. The Hall–Kier alpha value is -3.73. The summed E-state index contributed by atoms with van der Waals surface area (Å²) in [6.45, 7) is 0.614. The van der Waals surface area contributed by atoms with E-state index in [0.29, 0.717) is 5.56 Å². The van der Waals surface area contributed by atoms with E-state index >= 15 is 0 Å². The van der Waals surface area contributed by atoms with Gasteiger partial charge in [-0.3, -0.25) is 10.1 Å². The molecule has 2 rings (SSSR count). The molecule has 204 valence electrons. The number of nitrogens with one attached hydrogen (secondary N) is 3. The highest BCUT2D eigenvalue weighted by molar-refractivity contribution is 6.42. The molecule has 10 nitrogen and oxygen atoms in total. The quantitative estimate of drug-likeness (QED) is 0.145. The number of rotatable bonds is 10. The summed E-state index contributed by atoms with van der Waals surface area (Å²) in [5.74, 6) is -1.35. The number of guanidine groups is 1. The molecule has 0 saturated carbocycles. The number of ether oxygens (including phenoxy) is 2. The summed E-state index contributed by atoms with van der Waals surface area (Å²) in [6, 6.07) is 6.65. The lowest BCUT2D eigenvalue weighted by Gasteiger charge is -2.30. The molecule has 2 aromatic carbocycles. The van der Waals surface area contributed by atoms with Crippen molar-refractivity contribution in [1.29, 1.82) is 10.7 Å². The smallest absolute Gasteiger partial charge is 0.495 e. The summed E-state index contributed by atoms with van der Waals surface area (Å²) < 4.78 is 47.1. The molecule has 15 heteroatoms. The number of likely N-dealkylation sites (N-methyl/N-ethyl adjacent to an activating group) is 1. The second-order valence-electron chi connectivity index (χ2n) is 7.36. The highest BCUT2D eigenvalue weighted by atomic mass is 35.5. The highest BCUT2D eigenvalue weighted by Gasteiger charge is 2.31. The predicted molar refractivity (Wildman–Crippen MR) is 136 cm³/mol. The number of hydrogen-bond acceptors (Lipinski definition) is 7. The topological polar surface area (TPSA) is 143 Å². The zero-order chi connectivity index (χ0) is 28.5. The Kier molecular flexibility index (Phi) is 11.0. The molecule has 0 aliphatic carbocycles. The average molecular weight is 575 g/mol. The molecule has 0 fully saturated rings. The molecular formula is C23H23Cl2F3N6O4. The molecule has 1 atom stereocenters. The summed E-state index contributed by atoms with van der Waals surface area (Å²) in [5.41, 5.74) is 0.210. The molecule has 4 N–H and O–H groups in total. The monoisotopic (exact) mass is 574 g/mol. The van der Waals surface area contributed by atoms with Gasteiger partial charge in [0, 0.05) is 12.6 Å². The molecule has 0 radical (unpaired) electrons. The number of aliphatic hydroxyl groups is 1. The van der Waals surface area contributed by atoms with Gasteiger partial charge in [0.25, 0.3) is 0 Å². The molecule has 0 bridgehead atoms. The normalized spacial score (nSPS) is 12.2. The number of alkyl halides is 3. The minimum atomic E-state index is -4.94. The largest absolute Gasteiger partial charge is 0.573 e. The third-order valence-electron chi connectivity index (χ3n) is 4.99. The van der Waals surface area contributed by atoms with Crippen LogP contribution in [0.15, 0.2) is 41.4 Å². The highest BCUT2D eigenvalue weighted by Crippen LogP contribution is 2.32. The maximum absolute atomic E-state index is 12.7. The third kappa shape index (κ3) is 8.41. The van der Waals surface area contributed by atoms with Gasteiger partial charge in [-0.1, -0.05) is 29.3 Å². The van der Waals surface area contributed by atoms with Crippen LogP contribution in [0.25, 0.3) is 0 Å². The van der Waals surface area contributed by atoms with Gasteiger partial charge in [0.2, 0.25) is 11.9 Å². The number of nitriles is 1. The van der Waals surface area contributed by atoms with Gasteiger partial charge in [0.05, 0.1) is 41.1 Å². The molecule has 0 spiro atoms.